The Bertz CT molecular complexity index is 483. The highest BCUT2D eigenvalue weighted by Gasteiger charge is 2.12. The van der Waals surface area contributed by atoms with Crippen LogP contribution in [0.3, 0.4) is 0 Å². The molecule has 0 saturated carbocycles. The number of benzene rings is 1. The number of sulfonamides is 1. The second-order valence-electron chi connectivity index (χ2n) is 3.38. The zero-order valence-electron chi connectivity index (χ0n) is 9.03. The molecule has 5 nitrogen and oxygen atoms in total. The van der Waals surface area contributed by atoms with Crippen LogP contribution >= 0.6 is 0 Å². The van der Waals surface area contributed by atoms with Gasteiger partial charge in [-0.15, -0.1) is 0 Å². The van der Waals surface area contributed by atoms with Gasteiger partial charge in [0.2, 0.25) is 10.0 Å². The average molecular weight is 241 g/mol. The van der Waals surface area contributed by atoms with E-state index in [0.717, 1.165) is 0 Å². The summed E-state index contributed by atoms with van der Waals surface area (Å²) in [6, 6.07) is 6.58. The van der Waals surface area contributed by atoms with Crippen LogP contribution in [0.15, 0.2) is 24.3 Å². The second-order valence-corrected chi connectivity index (χ2v) is 5.22. The van der Waals surface area contributed by atoms with Gasteiger partial charge in [0.25, 0.3) is 0 Å². The highest BCUT2D eigenvalue weighted by atomic mass is 32.2. The summed E-state index contributed by atoms with van der Waals surface area (Å²) < 4.78 is 25.5. The first-order valence-electron chi connectivity index (χ1n) is 4.90. The van der Waals surface area contributed by atoms with Crippen molar-refractivity contribution in [2.75, 3.05) is 10.5 Å². The number of nitrogen functional groups attached to an aromatic ring is 1. The standard InChI is InChI=1S/C10H15N3O2S/c1-2-7-16(14,15)13-9-6-4-3-5-8(9)10(11)12/h3-6,13H,2,7H2,1H3,(H3,11,12). The second kappa shape index (κ2) is 4.98. The largest absolute Gasteiger partial charge is 0.384 e. The zero-order chi connectivity index (χ0) is 12.2. The van der Waals surface area contributed by atoms with E-state index in [9.17, 15) is 8.42 Å². The van der Waals surface area contributed by atoms with Gasteiger partial charge >= 0.3 is 0 Å². The van der Waals surface area contributed by atoms with Crippen molar-refractivity contribution in [3.8, 4) is 0 Å². The fraction of sp³-hybridized carbons (Fsp3) is 0.300. The summed E-state index contributed by atoms with van der Waals surface area (Å²) in [6.07, 6.45) is 0.539. The van der Waals surface area contributed by atoms with E-state index in [1.807, 2.05) is 0 Å². The van der Waals surface area contributed by atoms with Crippen LogP contribution in [0.2, 0.25) is 0 Å². The van der Waals surface area contributed by atoms with Crippen LogP contribution in [0.5, 0.6) is 0 Å². The van der Waals surface area contributed by atoms with E-state index in [-0.39, 0.29) is 11.6 Å². The molecule has 88 valence electrons. The van der Waals surface area contributed by atoms with E-state index in [4.69, 9.17) is 11.1 Å². The molecule has 6 heteroatoms. The van der Waals surface area contributed by atoms with E-state index in [2.05, 4.69) is 4.72 Å². The molecule has 0 fully saturated rings. The van der Waals surface area contributed by atoms with E-state index < -0.39 is 10.0 Å². The lowest BCUT2D eigenvalue weighted by Gasteiger charge is -2.10. The van der Waals surface area contributed by atoms with Crippen molar-refractivity contribution in [2.45, 2.75) is 13.3 Å². The van der Waals surface area contributed by atoms with Gasteiger partial charge in [-0.3, -0.25) is 10.1 Å². The van der Waals surface area contributed by atoms with Gasteiger partial charge in [-0.2, -0.15) is 0 Å². The number of para-hydroxylation sites is 1. The summed E-state index contributed by atoms with van der Waals surface area (Å²) in [5, 5.41) is 7.33. The smallest absolute Gasteiger partial charge is 0.232 e. The molecule has 4 N–H and O–H groups in total. The van der Waals surface area contributed by atoms with Gasteiger partial charge in [-0.05, 0) is 18.6 Å². The SMILES string of the molecule is CCCS(=O)(=O)Nc1ccccc1C(=N)N. The van der Waals surface area contributed by atoms with E-state index in [1.165, 1.54) is 0 Å². The molecule has 1 rings (SSSR count). The van der Waals surface area contributed by atoms with E-state index >= 15 is 0 Å². The van der Waals surface area contributed by atoms with Crippen LogP contribution in [0, 0.1) is 5.41 Å². The first kappa shape index (κ1) is 12.5. The van der Waals surface area contributed by atoms with Crippen LogP contribution in [0.4, 0.5) is 5.69 Å². The maximum atomic E-state index is 11.6. The first-order chi connectivity index (χ1) is 7.46. The Kier molecular flexibility index (Phi) is 3.89. The van der Waals surface area contributed by atoms with Crippen LogP contribution in [-0.4, -0.2) is 20.0 Å². The first-order valence-corrected chi connectivity index (χ1v) is 6.55. The van der Waals surface area contributed by atoms with E-state index in [1.54, 1.807) is 31.2 Å². The molecule has 1 aromatic rings. The predicted octanol–water partition coefficient (Wildman–Crippen LogP) is 1.12. The molecule has 0 saturated heterocycles. The van der Waals surface area contributed by atoms with Gasteiger partial charge in [0.15, 0.2) is 0 Å². The molecular formula is C10H15N3O2S. The quantitative estimate of drug-likeness (QED) is 0.532. The molecule has 0 atom stereocenters. The number of nitrogens with two attached hydrogens (primary N) is 1. The average Bonchev–Trinajstić information content (AvgIpc) is 2.17. The number of rotatable bonds is 5. The van der Waals surface area contributed by atoms with Crippen LogP contribution < -0.4 is 10.5 Å². The lowest BCUT2D eigenvalue weighted by Crippen LogP contribution is -2.20. The van der Waals surface area contributed by atoms with E-state index in [0.29, 0.717) is 17.7 Å². The number of anilines is 1. The molecule has 0 spiro atoms. The molecule has 0 amide bonds. The molecule has 0 bridgehead atoms. The summed E-state index contributed by atoms with van der Waals surface area (Å²) in [6.45, 7) is 1.79. The van der Waals surface area contributed by atoms with Gasteiger partial charge in [-0.1, -0.05) is 19.1 Å². The minimum absolute atomic E-state index is 0.0548. The summed E-state index contributed by atoms with van der Waals surface area (Å²) in [5.41, 5.74) is 6.10. The molecule has 1 aromatic carbocycles. The van der Waals surface area contributed by atoms with Crippen molar-refractivity contribution in [1.82, 2.24) is 0 Å². The van der Waals surface area contributed by atoms with Crippen molar-refractivity contribution in [3.63, 3.8) is 0 Å². The minimum Gasteiger partial charge on any atom is -0.384 e. The molecule has 0 heterocycles. The molecule has 0 aliphatic rings. The third-order valence-corrected chi connectivity index (χ3v) is 3.43. The normalized spacial score (nSPS) is 11.1. The molecule has 0 aliphatic carbocycles. The van der Waals surface area contributed by atoms with Crippen molar-refractivity contribution in [3.05, 3.63) is 29.8 Å². The van der Waals surface area contributed by atoms with Crippen LogP contribution in [0.25, 0.3) is 0 Å². The monoisotopic (exact) mass is 241 g/mol. The van der Waals surface area contributed by atoms with Gasteiger partial charge < -0.3 is 5.73 Å². The highest BCUT2D eigenvalue weighted by molar-refractivity contribution is 7.92. The fourth-order valence-corrected chi connectivity index (χ4v) is 2.45. The Morgan fingerprint density at radius 1 is 1.44 bits per heavy atom. The molecular weight excluding hydrogens is 226 g/mol. The summed E-state index contributed by atoms with van der Waals surface area (Å²) >= 11 is 0. The third-order valence-electron chi connectivity index (χ3n) is 1.96. The molecule has 0 radical (unpaired) electrons. The highest BCUT2D eigenvalue weighted by Crippen LogP contribution is 2.16. The number of hydrogen-bond donors (Lipinski definition) is 3. The Hall–Kier alpha value is -1.56. The Morgan fingerprint density at radius 3 is 2.62 bits per heavy atom. The fourth-order valence-electron chi connectivity index (χ4n) is 1.29. The Morgan fingerprint density at radius 2 is 2.06 bits per heavy atom. The Balaban J connectivity index is 3.02. The minimum atomic E-state index is -3.34. The van der Waals surface area contributed by atoms with Crippen LogP contribution in [0.1, 0.15) is 18.9 Å². The summed E-state index contributed by atoms with van der Waals surface area (Å²) in [5.74, 6) is -0.103. The molecule has 0 unspecified atom stereocenters. The van der Waals surface area contributed by atoms with Crippen molar-refractivity contribution in [2.24, 2.45) is 5.73 Å². The third kappa shape index (κ3) is 3.23. The molecule has 16 heavy (non-hydrogen) atoms. The lowest BCUT2D eigenvalue weighted by atomic mass is 10.2. The summed E-state index contributed by atoms with van der Waals surface area (Å²) in [7, 11) is -3.34. The lowest BCUT2D eigenvalue weighted by molar-refractivity contribution is 0.600. The molecule has 0 aliphatic heterocycles. The number of amidine groups is 1. The topological polar surface area (TPSA) is 96.0 Å². The maximum Gasteiger partial charge on any atom is 0.232 e. The van der Waals surface area contributed by atoms with Gasteiger partial charge in [0.05, 0.1) is 11.4 Å². The number of nitrogens with one attached hydrogen (secondary N) is 2. The zero-order valence-corrected chi connectivity index (χ0v) is 9.84. The number of hydrogen-bond acceptors (Lipinski definition) is 3. The Labute approximate surface area is 95.2 Å². The van der Waals surface area contributed by atoms with Gasteiger partial charge in [0, 0.05) is 5.56 Å². The van der Waals surface area contributed by atoms with Crippen molar-refractivity contribution >= 4 is 21.5 Å². The maximum absolute atomic E-state index is 11.6. The predicted molar refractivity (Wildman–Crippen MR) is 65.2 cm³/mol. The van der Waals surface area contributed by atoms with Crippen molar-refractivity contribution in [1.29, 1.82) is 5.41 Å². The van der Waals surface area contributed by atoms with Crippen molar-refractivity contribution < 1.29 is 8.42 Å². The molecule has 0 aromatic heterocycles. The summed E-state index contributed by atoms with van der Waals surface area (Å²) in [4.78, 5) is 0. The van der Waals surface area contributed by atoms with Gasteiger partial charge in [0.1, 0.15) is 5.84 Å². The van der Waals surface area contributed by atoms with Gasteiger partial charge in [-0.25, -0.2) is 8.42 Å². The van der Waals surface area contributed by atoms with Crippen LogP contribution in [-0.2, 0) is 10.0 Å².